The van der Waals surface area contributed by atoms with Crippen molar-refractivity contribution in [3.8, 4) is 0 Å². The minimum Gasteiger partial charge on any atom is -0.364 e. The third-order valence-corrected chi connectivity index (χ3v) is 2.12. The van der Waals surface area contributed by atoms with E-state index in [-0.39, 0.29) is 16.9 Å². The van der Waals surface area contributed by atoms with Crippen LogP contribution < -0.4 is 10.7 Å². The standard InChI is InChI=1S/C11H16N2O2/c1-3-4-5-12-11(15)9-7-13-8(2)6-10(9)14/h6-7H,3-5H2,1-2H3,(H,12,15)(H,13,14). The SMILES string of the molecule is CCCCNC(=O)c1c[nH]c(C)cc1=O. The third kappa shape index (κ3) is 3.23. The largest absolute Gasteiger partial charge is 0.364 e. The van der Waals surface area contributed by atoms with E-state index in [1.807, 2.05) is 6.92 Å². The molecule has 1 rings (SSSR count). The molecule has 82 valence electrons. The van der Waals surface area contributed by atoms with Gasteiger partial charge in [0.15, 0.2) is 5.43 Å². The Morgan fingerprint density at radius 3 is 2.87 bits per heavy atom. The fourth-order valence-electron chi connectivity index (χ4n) is 1.22. The van der Waals surface area contributed by atoms with Crippen molar-refractivity contribution < 1.29 is 4.79 Å². The highest BCUT2D eigenvalue weighted by Gasteiger charge is 2.08. The Morgan fingerprint density at radius 1 is 1.53 bits per heavy atom. The maximum atomic E-state index is 11.5. The maximum Gasteiger partial charge on any atom is 0.256 e. The lowest BCUT2D eigenvalue weighted by atomic mass is 10.2. The minimum atomic E-state index is -0.301. The Labute approximate surface area is 88.7 Å². The van der Waals surface area contributed by atoms with Gasteiger partial charge in [-0.1, -0.05) is 13.3 Å². The van der Waals surface area contributed by atoms with Gasteiger partial charge in [0.2, 0.25) is 0 Å². The summed E-state index contributed by atoms with van der Waals surface area (Å²) in [5, 5.41) is 2.70. The van der Waals surface area contributed by atoms with Crippen LogP contribution in [-0.4, -0.2) is 17.4 Å². The summed E-state index contributed by atoms with van der Waals surface area (Å²) in [5.41, 5.74) is 0.696. The van der Waals surface area contributed by atoms with Gasteiger partial charge in [0, 0.05) is 24.5 Å². The van der Waals surface area contributed by atoms with Gasteiger partial charge in [0.05, 0.1) is 0 Å². The van der Waals surface area contributed by atoms with Crippen LogP contribution in [0.1, 0.15) is 35.8 Å². The van der Waals surface area contributed by atoms with Crippen LogP contribution in [0.2, 0.25) is 0 Å². The van der Waals surface area contributed by atoms with Crippen molar-refractivity contribution in [2.24, 2.45) is 0 Å². The number of hydrogen-bond donors (Lipinski definition) is 2. The van der Waals surface area contributed by atoms with Crippen molar-refractivity contribution in [2.45, 2.75) is 26.7 Å². The molecule has 0 saturated heterocycles. The molecule has 0 bridgehead atoms. The molecule has 0 fully saturated rings. The summed E-state index contributed by atoms with van der Waals surface area (Å²) in [6.45, 7) is 4.44. The molecule has 1 aromatic rings. The number of unbranched alkanes of at least 4 members (excludes halogenated alkanes) is 1. The first-order chi connectivity index (χ1) is 7.15. The highest BCUT2D eigenvalue weighted by atomic mass is 16.2. The average Bonchev–Trinajstić information content (AvgIpc) is 2.17. The van der Waals surface area contributed by atoms with Crippen LogP contribution in [-0.2, 0) is 0 Å². The van der Waals surface area contributed by atoms with Gasteiger partial charge in [-0.15, -0.1) is 0 Å². The van der Waals surface area contributed by atoms with E-state index in [1.165, 1.54) is 12.3 Å². The van der Waals surface area contributed by atoms with Gasteiger partial charge in [0.25, 0.3) is 5.91 Å². The molecular formula is C11H16N2O2. The number of pyridine rings is 1. The molecular weight excluding hydrogens is 192 g/mol. The molecule has 1 aromatic heterocycles. The number of aromatic amines is 1. The molecule has 1 heterocycles. The lowest BCUT2D eigenvalue weighted by Gasteiger charge is -2.03. The monoisotopic (exact) mass is 208 g/mol. The van der Waals surface area contributed by atoms with E-state index in [1.54, 1.807) is 6.92 Å². The highest BCUT2D eigenvalue weighted by Crippen LogP contribution is 1.92. The molecule has 0 unspecified atom stereocenters. The van der Waals surface area contributed by atoms with Gasteiger partial charge in [-0.25, -0.2) is 0 Å². The Bertz CT molecular complexity index is 396. The van der Waals surface area contributed by atoms with E-state index in [4.69, 9.17) is 0 Å². The fourth-order valence-corrected chi connectivity index (χ4v) is 1.22. The first-order valence-corrected chi connectivity index (χ1v) is 5.12. The van der Waals surface area contributed by atoms with Crippen LogP contribution in [0.25, 0.3) is 0 Å². The molecule has 2 N–H and O–H groups in total. The van der Waals surface area contributed by atoms with Crippen molar-refractivity contribution in [3.63, 3.8) is 0 Å². The summed E-state index contributed by atoms with van der Waals surface area (Å²) >= 11 is 0. The normalized spacial score (nSPS) is 10.0. The summed E-state index contributed by atoms with van der Waals surface area (Å²) in [5.74, 6) is -0.301. The van der Waals surface area contributed by atoms with Crippen molar-refractivity contribution >= 4 is 5.91 Å². The topological polar surface area (TPSA) is 62.0 Å². The van der Waals surface area contributed by atoms with Crippen LogP contribution in [0, 0.1) is 6.92 Å². The van der Waals surface area contributed by atoms with Crippen LogP contribution in [0.15, 0.2) is 17.1 Å². The molecule has 15 heavy (non-hydrogen) atoms. The zero-order chi connectivity index (χ0) is 11.3. The van der Waals surface area contributed by atoms with E-state index < -0.39 is 0 Å². The van der Waals surface area contributed by atoms with E-state index >= 15 is 0 Å². The minimum absolute atomic E-state index is 0.178. The zero-order valence-corrected chi connectivity index (χ0v) is 9.09. The van der Waals surface area contributed by atoms with Crippen LogP contribution in [0.3, 0.4) is 0 Å². The van der Waals surface area contributed by atoms with Gasteiger partial charge in [-0.3, -0.25) is 9.59 Å². The van der Waals surface area contributed by atoms with Crippen LogP contribution in [0.5, 0.6) is 0 Å². The molecule has 0 atom stereocenters. The molecule has 4 nitrogen and oxygen atoms in total. The number of amides is 1. The molecule has 4 heteroatoms. The number of aromatic nitrogens is 1. The lowest BCUT2D eigenvalue weighted by molar-refractivity contribution is 0.0951. The van der Waals surface area contributed by atoms with E-state index in [2.05, 4.69) is 10.3 Å². The van der Waals surface area contributed by atoms with Gasteiger partial charge in [-0.05, 0) is 13.3 Å². The second-order valence-corrected chi connectivity index (χ2v) is 3.50. The number of nitrogens with one attached hydrogen (secondary N) is 2. The number of H-pyrrole nitrogens is 1. The summed E-state index contributed by atoms with van der Waals surface area (Å²) in [6.07, 6.45) is 3.40. The Morgan fingerprint density at radius 2 is 2.27 bits per heavy atom. The summed E-state index contributed by atoms with van der Waals surface area (Å²) in [6, 6.07) is 1.43. The van der Waals surface area contributed by atoms with Crippen LogP contribution in [0.4, 0.5) is 0 Å². The highest BCUT2D eigenvalue weighted by molar-refractivity contribution is 5.93. The second kappa shape index (κ2) is 5.34. The molecule has 0 aliphatic heterocycles. The predicted molar refractivity (Wildman–Crippen MR) is 59.0 cm³/mol. The number of carbonyl (C=O) groups is 1. The van der Waals surface area contributed by atoms with Crippen molar-refractivity contribution in [2.75, 3.05) is 6.54 Å². The first-order valence-electron chi connectivity index (χ1n) is 5.12. The molecule has 0 aliphatic rings. The average molecular weight is 208 g/mol. The molecule has 0 radical (unpaired) electrons. The quantitative estimate of drug-likeness (QED) is 0.731. The summed E-state index contributed by atoms with van der Waals surface area (Å²) in [7, 11) is 0. The van der Waals surface area contributed by atoms with E-state index in [9.17, 15) is 9.59 Å². The number of carbonyl (C=O) groups excluding carboxylic acids is 1. The third-order valence-electron chi connectivity index (χ3n) is 2.12. The second-order valence-electron chi connectivity index (χ2n) is 3.50. The molecule has 0 aliphatic carbocycles. The zero-order valence-electron chi connectivity index (χ0n) is 9.09. The Kier molecular flexibility index (Phi) is 4.09. The maximum absolute atomic E-state index is 11.5. The summed E-state index contributed by atoms with van der Waals surface area (Å²) < 4.78 is 0. The molecule has 0 saturated carbocycles. The van der Waals surface area contributed by atoms with Gasteiger partial charge in [-0.2, -0.15) is 0 Å². The Balaban J connectivity index is 2.70. The van der Waals surface area contributed by atoms with Crippen molar-refractivity contribution in [1.82, 2.24) is 10.3 Å². The molecule has 1 amide bonds. The van der Waals surface area contributed by atoms with Gasteiger partial charge in [0.1, 0.15) is 5.56 Å². The van der Waals surface area contributed by atoms with Crippen molar-refractivity contribution in [3.05, 3.63) is 33.7 Å². The summed E-state index contributed by atoms with van der Waals surface area (Å²) in [4.78, 5) is 25.8. The fraction of sp³-hybridized carbons (Fsp3) is 0.455. The van der Waals surface area contributed by atoms with E-state index in [0.29, 0.717) is 6.54 Å². The van der Waals surface area contributed by atoms with Gasteiger partial charge < -0.3 is 10.3 Å². The van der Waals surface area contributed by atoms with Crippen LogP contribution >= 0.6 is 0 Å². The number of hydrogen-bond acceptors (Lipinski definition) is 2. The Hall–Kier alpha value is -1.58. The number of rotatable bonds is 4. The first kappa shape index (κ1) is 11.5. The lowest BCUT2D eigenvalue weighted by Crippen LogP contribution is -2.29. The molecule has 0 spiro atoms. The predicted octanol–water partition coefficient (Wildman–Crippen LogP) is 1.21. The van der Waals surface area contributed by atoms with Gasteiger partial charge >= 0.3 is 0 Å². The number of aryl methyl sites for hydroxylation is 1. The van der Waals surface area contributed by atoms with E-state index in [0.717, 1.165) is 18.5 Å². The van der Waals surface area contributed by atoms with Crippen molar-refractivity contribution in [1.29, 1.82) is 0 Å². The molecule has 0 aromatic carbocycles. The smallest absolute Gasteiger partial charge is 0.256 e.